The SMILES string of the molecule is CCCCn1c(SCC(=O)NCc2ccc(C)o2)nc2cc(C)[nH]c2c1=O. The van der Waals surface area contributed by atoms with Gasteiger partial charge >= 0.3 is 0 Å². The largest absolute Gasteiger partial charge is 0.465 e. The average Bonchev–Trinajstić information content (AvgIpc) is 3.22. The van der Waals surface area contributed by atoms with Crippen LogP contribution in [0.5, 0.6) is 0 Å². The van der Waals surface area contributed by atoms with Gasteiger partial charge in [-0.25, -0.2) is 4.98 Å². The number of nitrogens with one attached hydrogen (secondary N) is 2. The summed E-state index contributed by atoms with van der Waals surface area (Å²) in [7, 11) is 0. The minimum Gasteiger partial charge on any atom is -0.465 e. The minimum atomic E-state index is -0.129. The van der Waals surface area contributed by atoms with E-state index < -0.39 is 0 Å². The maximum atomic E-state index is 12.8. The van der Waals surface area contributed by atoms with Gasteiger partial charge in [0.05, 0.1) is 17.8 Å². The summed E-state index contributed by atoms with van der Waals surface area (Å²) in [5, 5.41) is 3.40. The molecule has 0 saturated heterocycles. The van der Waals surface area contributed by atoms with Gasteiger partial charge in [-0.3, -0.25) is 14.2 Å². The van der Waals surface area contributed by atoms with Crippen LogP contribution in [0, 0.1) is 13.8 Å². The van der Waals surface area contributed by atoms with E-state index in [1.807, 2.05) is 32.0 Å². The van der Waals surface area contributed by atoms with E-state index in [2.05, 4.69) is 22.2 Å². The highest BCUT2D eigenvalue weighted by molar-refractivity contribution is 7.99. The summed E-state index contributed by atoms with van der Waals surface area (Å²) in [6.45, 7) is 6.77. The van der Waals surface area contributed by atoms with E-state index in [1.165, 1.54) is 11.8 Å². The Labute approximate surface area is 161 Å². The number of aromatic amines is 1. The van der Waals surface area contributed by atoms with Crippen LogP contribution in [0.15, 0.2) is 32.6 Å². The second kappa shape index (κ2) is 8.47. The van der Waals surface area contributed by atoms with Crippen molar-refractivity contribution in [1.82, 2.24) is 19.9 Å². The van der Waals surface area contributed by atoms with Gasteiger partial charge < -0.3 is 14.7 Å². The summed E-state index contributed by atoms with van der Waals surface area (Å²) in [5.41, 5.74) is 1.96. The zero-order valence-corrected chi connectivity index (χ0v) is 16.6. The molecule has 2 N–H and O–H groups in total. The predicted octanol–water partition coefficient (Wildman–Crippen LogP) is 3.14. The van der Waals surface area contributed by atoms with Crippen molar-refractivity contribution < 1.29 is 9.21 Å². The number of furan rings is 1. The van der Waals surface area contributed by atoms with Crippen molar-refractivity contribution >= 4 is 28.7 Å². The molecule has 0 fully saturated rings. The molecule has 0 spiro atoms. The van der Waals surface area contributed by atoms with Crippen LogP contribution < -0.4 is 10.9 Å². The topological polar surface area (TPSA) is 92.9 Å². The van der Waals surface area contributed by atoms with E-state index in [9.17, 15) is 9.59 Å². The number of thioether (sulfide) groups is 1. The fraction of sp³-hybridized carbons (Fsp3) is 0.421. The summed E-state index contributed by atoms with van der Waals surface area (Å²) < 4.78 is 7.11. The van der Waals surface area contributed by atoms with Crippen molar-refractivity contribution in [2.75, 3.05) is 5.75 Å². The molecule has 3 heterocycles. The number of carbonyl (C=O) groups excluding carboxylic acids is 1. The van der Waals surface area contributed by atoms with E-state index >= 15 is 0 Å². The van der Waals surface area contributed by atoms with Crippen LogP contribution in [-0.4, -0.2) is 26.2 Å². The molecular weight excluding hydrogens is 364 g/mol. The molecule has 0 unspecified atom stereocenters. The monoisotopic (exact) mass is 388 g/mol. The molecule has 0 saturated carbocycles. The lowest BCUT2D eigenvalue weighted by Crippen LogP contribution is -2.26. The molecule has 0 bridgehead atoms. The number of aryl methyl sites for hydroxylation is 2. The standard InChI is InChI=1S/C19H24N4O3S/c1-4-5-8-23-18(25)17-15(9-12(2)21-17)22-19(23)27-11-16(24)20-10-14-7-6-13(3)26-14/h6-7,9,21H,4-5,8,10-11H2,1-3H3,(H,20,24). The smallest absolute Gasteiger partial charge is 0.278 e. The normalized spacial score (nSPS) is 11.2. The van der Waals surface area contributed by atoms with Crippen LogP contribution in [0.2, 0.25) is 0 Å². The first-order valence-electron chi connectivity index (χ1n) is 9.03. The number of amides is 1. The first-order chi connectivity index (χ1) is 13.0. The molecule has 3 aromatic rings. The van der Waals surface area contributed by atoms with Crippen molar-refractivity contribution in [3.8, 4) is 0 Å². The quantitative estimate of drug-likeness (QED) is 0.457. The lowest BCUT2D eigenvalue weighted by molar-refractivity contribution is -0.118. The Hall–Kier alpha value is -2.48. The van der Waals surface area contributed by atoms with Gasteiger partial charge in [0, 0.05) is 12.2 Å². The first kappa shape index (κ1) is 19.3. The zero-order chi connectivity index (χ0) is 19.4. The zero-order valence-electron chi connectivity index (χ0n) is 15.8. The lowest BCUT2D eigenvalue weighted by atomic mass is 10.3. The van der Waals surface area contributed by atoms with Crippen molar-refractivity contribution in [2.24, 2.45) is 0 Å². The molecule has 0 aliphatic carbocycles. The molecule has 0 radical (unpaired) electrons. The molecule has 3 aromatic heterocycles. The van der Waals surface area contributed by atoms with Crippen LogP contribution in [0.4, 0.5) is 0 Å². The Morgan fingerprint density at radius 3 is 2.89 bits per heavy atom. The molecule has 1 amide bonds. The molecule has 7 nitrogen and oxygen atoms in total. The van der Waals surface area contributed by atoms with E-state index in [4.69, 9.17) is 4.42 Å². The maximum absolute atomic E-state index is 12.8. The second-order valence-corrected chi connectivity index (χ2v) is 7.44. The van der Waals surface area contributed by atoms with Crippen LogP contribution in [0.1, 0.15) is 37.0 Å². The summed E-state index contributed by atoms with van der Waals surface area (Å²) >= 11 is 1.28. The number of nitrogens with zero attached hydrogens (tertiary/aromatic N) is 2. The Bertz CT molecular complexity index is 1000. The molecule has 8 heteroatoms. The molecule has 0 aliphatic rings. The van der Waals surface area contributed by atoms with Gasteiger partial charge in [-0.1, -0.05) is 25.1 Å². The van der Waals surface area contributed by atoms with Gasteiger partial charge in [0.2, 0.25) is 5.91 Å². The fourth-order valence-electron chi connectivity index (χ4n) is 2.78. The average molecular weight is 388 g/mol. The van der Waals surface area contributed by atoms with Crippen molar-refractivity contribution in [1.29, 1.82) is 0 Å². The molecule has 0 aromatic carbocycles. The lowest BCUT2D eigenvalue weighted by Gasteiger charge is -2.11. The molecule has 3 rings (SSSR count). The van der Waals surface area contributed by atoms with Crippen LogP contribution >= 0.6 is 11.8 Å². The third-order valence-electron chi connectivity index (χ3n) is 4.16. The molecule has 0 aliphatic heterocycles. The Morgan fingerprint density at radius 1 is 1.37 bits per heavy atom. The Kier molecular flexibility index (Phi) is 6.05. The minimum absolute atomic E-state index is 0.0875. The highest BCUT2D eigenvalue weighted by atomic mass is 32.2. The van der Waals surface area contributed by atoms with Gasteiger partial charge in [0.15, 0.2) is 5.16 Å². The number of rotatable bonds is 8. The number of unbranched alkanes of at least 4 members (excludes halogenated alkanes) is 1. The highest BCUT2D eigenvalue weighted by Crippen LogP contribution is 2.19. The van der Waals surface area contributed by atoms with Crippen molar-refractivity contribution in [3.63, 3.8) is 0 Å². The van der Waals surface area contributed by atoms with Gasteiger partial charge in [0.25, 0.3) is 5.56 Å². The van der Waals surface area contributed by atoms with Gasteiger partial charge in [-0.2, -0.15) is 0 Å². The van der Waals surface area contributed by atoms with Gasteiger partial charge in [-0.15, -0.1) is 0 Å². The van der Waals surface area contributed by atoms with E-state index in [0.717, 1.165) is 24.3 Å². The van der Waals surface area contributed by atoms with Crippen molar-refractivity contribution in [2.45, 2.75) is 51.9 Å². The molecular formula is C19H24N4O3S. The fourth-order valence-corrected chi connectivity index (χ4v) is 3.64. The third-order valence-corrected chi connectivity index (χ3v) is 5.14. The highest BCUT2D eigenvalue weighted by Gasteiger charge is 2.14. The van der Waals surface area contributed by atoms with E-state index in [-0.39, 0.29) is 17.2 Å². The van der Waals surface area contributed by atoms with Gasteiger partial charge in [-0.05, 0) is 38.5 Å². The summed E-state index contributed by atoms with van der Waals surface area (Å²) in [4.78, 5) is 32.7. The maximum Gasteiger partial charge on any atom is 0.278 e. The van der Waals surface area contributed by atoms with Crippen LogP contribution in [-0.2, 0) is 17.9 Å². The summed E-state index contributed by atoms with van der Waals surface area (Å²) in [6, 6.07) is 5.56. The molecule has 27 heavy (non-hydrogen) atoms. The number of aromatic nitrogens is 3. The second-order valence-electron chi connectivity index (χ2n) is 6.50. The third kappa shape index (κ3) is 4.63. The predicted molar refractivity (Wildman–Crippen MR) is 106 cm³/mol. The first-order valence-corrected chi connectivity index (χ1v) is 10.0. The molecule has 144 valence electrons. The number of H-pyrrole nitrogens is 1. The Balaban J connectivity index is 1.72. The van der Waals surface area contributed by atoms with E-state index in [1.54, 1.807) is 4.57 Å². The Morgan fingerprint density at radius 2 is 2.19 bits per heavy atom. The number of fused-ring (bicyclic) bond motifs is 1. The van der Waals surface area contributed by atoms with Crippen LogP contribution in [0.3, 0.4) is 0 Å². The van der Waals surface area contributed by atoms with Gasteiger partial charge in [0.1, 0.15) is 17.0 Å². The molecule has 0 atom stereocenters. The summed E-state index contributed by atoms with van der Waals surface area (Å²) in [6.07, 6.45) is 1.85. The summed E-state index contributed by atoms with van der Waals surface area (Å²) in [5.74, 6) is 1.59. The number of hydrogen-bond donors (Lipinski definition) is 2. The van der Waals surface area contributed by atoms with E-state index in [0.29, 0.717) is 35.0 Å². The van der Waals surface area contributed by atoms with Crippen LogP contribution in [0.25, 0.3) is 11.0 Å². The number of carbonyl (C=O) groups is 1. The van der Waals surface area contributed by atoms with Crippen molar-refractivity contribution in [3.05, 3.63) is 45.8 Å². The number of hydrogen-bond acceptors (Lipinski definition) is 5.